The van der Waals surface area contributed by atoms with Gasteiger partial charge in [0.15, 0.2) is 0 Å². The van der Waals surface area contributed by atoms with E-state index in [2.05, 4.69) is 33.2 Å². The van der Waals surface area contributed by atoms with Crippen LogP contribution in [0.1, 0.15) is 22.3 Å². The molecule has 1 aliphatic heterocycles. The fourth-order valence-electron chi connectivity index (χ4n) is 3.06. The molecular weight excluding hydrogens is 450 g/mol. The van der Waals surface area contributed by atoms with Gasteiger partial charge in [0.05, 0.1) is 0 Å². The zero-order chi connectivity index (χ0) is 20.6. The van der Waals surface area contributed by atoms with Crippen LogP contribution >= 0.6 is 27.7 Å². The summed E-state index contributed by atoms with van der Waals surface area (Å²) in [6.07, 6.45) is 0.464. The Bertz CT molecular complexity index is 836. The van der Waals surface area contributed by atoms with E-state index in [1.54, 1.807) is 11.8 Å². The maximum absolute atomic E-state index is 12.6. The molecule has 0 unspecified atom stereocenters. The van der Waals surface area contributed by atoms with Crippen molar-refractivity contribution in [1.82, 2.24) is 15.1 Å². The quantitative estimate of drug-likeness (QED) is 0.621. The van der Waals surface area contributed by atoms with E-state index in [9.17, 15) is 9.59 Å². The third-order valence-corrected chi connectivity index (χ3v) is 6.93. The Kier molecular flexibility index (Phi) is 8.15. The number of halogens is 1. The lowest BCUT2D eigenvalue weighted by atomic mass is 10.1. The lowest BCUT2D eigenvalue weighted by Crippen LogP contribution is -2.47. The maximum Gasteiger partial charge on any atom is 0.253 e. The fraction of sp³-hybridized carbons (Fsp3) is 0.364. The lowest BCUT2D eigenvalue weighted by Gasteiger charge is -2.32. The van der Waals surface area contributed by atoms with Gasteiger partial charge < -0.3 is 15.1 Å². The highest BCUT2D eigenvalue weighted by Crippen LogP contribution is 2.27. The molecule has 0 saturated carbocycles. The Morgan fingerprint density at radius 3 is 2.41 bits per heavy atom. The molecule has 1 saturated heterocycles. The molecule has 29 heavy (non-hydrogen) atoms. The molecule has 1 fully saturated rings. The van der Waals surface area contributed by atoms with Crippen LogP contribution in [0.25, 0.3) is 0 Å². The molecule has 2 amide bonds. The number of nitrogens with zero attached hydrogens (tertiary/aromatic N) is 2. The van der Waals surface area contributed by atoms with Gasteiger partial charge in [0.2, 0.25) is 5.91 Å². The van der Waals surface area contributed by atoms with E-state index in [4.69, 9.17) is 0 Å². The van der Waals surface area contributed by atoms with E-state index in [0.29, 0.717) is 18.5 Å². The molecule has 0 atom stereocenters. The number of nitrogens with one attached hydrogen (secondary N) is 1. The molecule has 154 valence electrons. The van der Waals surface area contributed by atoms with Gasteiger partial charge in [-0.05, 0) is 52.8 Å². The normalized spacial score (nSPS) is 14.6. The summed E-state index contributed by atoms with van der Waals surface area (Å²) in [4.78, 5) is 29.9. The molecule has 5 nitrogen and oxygen atoms in total. The number of likely N-dealkylation sites (N-methyl/N-ethyl adjacent to an activating group) is 1. The van der Waals surface area contributed by atoms with E-state index in [-0.39, 0.29) is 11.8 Å². The zero-order valence-electron chi connectivity index (χ0n) is 16.6. The van der Waals surface area contributed by atoms with Crippen molar-refractivity contribution < 1.29 is 9.59 Å². The highest BCUT2D eigenvalue weighted by molar-refractivity contribution is 9.10. The predicted molar refractivity (Wildman–Crippen MR) is 121 cm³/mol. The number of benzene rings is 2. The first-order valence-corrected chi connectivity index (χ1v) is 11.5. The van der Waals surface area contributed by atoms with E-state index in [1.807, 2.05) is 53.4 Å². The molecule has 0 aromatic heterocycles. The number of hydrogen-bond donors (Lipinski definition) is 1. The molecule has 0 aliphatic carbocycles. The fourth-order valence-corrected chi connectivity index (χ4v) is 4.58. The van der Waals surface area contributed by atoms with Crippen molar-refractivity contribution in [1.29, 1.82) is 0 Å². The Morgan fingerprint density at radius 2 is 1.72 bits per heavy atom. The maximum atomic E-state index is 12.6. The van der Waals surface area contributed by atoms with Gasteiger partial charge in [-0.3, -0.25) is 9.59 Å². The summed E-state index contributed by atoms with van der Waals surface area (Å²) in [6.45, 7) is 3.83. The van der Waals surface area contributed by atoms with Gasteiger partial charge in [-0.25, -0.2) is 0 Å². The first-order chi connectivity index (χ1) is 14.0. The summed E-state index contributed by atoms with van der Waals surface area (Å²) in [6, 6.07) is 15.5. The van der Waals surface area contributed by atoms with Crippen LogP contribution in [-0.2, 0) is 11.3 Å². The average molecular weight is 476 g/mol. The monoisotopic (exact) mass is 475 g/mol. The minimum Gasteiger partial charge on any atom is -0.352 e. The van der Waals surface area contributed by atoms with Gasteiger partial charge in [0.1, 0.15) is 0 Å². The summed E-state index contributed by atoms with van der Waals surface area (Å²) in [5, 5.41) is 2.95. The summed E-state index contributed by atoms with van der Waals surface area (Å²) in [7, 11) is 2.07. The molecule has 0 radical (unpaired) electrons. The van der Waals surface area contributed by atoms with Crippen LogP contribution in [0, 0.1) is 0 Å². The molecule has 0 spiro atoms. The number of carbonyl (C=O) groups is 2. The van der Waals surface area contributed by atoms with E-state index in [0.717, 1.165) is 46.9 Å². The average Bonchev–Trinajstić information content (AvgIpc) is 2.74. The Labute approximate surface area is 185 Å². The number of rotatable bonds is 7. The smallest absolute Gasteiger partial charge is 0.253 e. The first-order valence-electron chi connectivity index (χ1n) is 9.74. The summed E-state index contributed by atoms with van der Waals surface area (Å²) in [5.41, 5.74) is 1.70. The molecule has 1 heterocycles. The van der Waals surface area contributed by atoms with Crippen molar-refractivity contribution in [3.05, 3.63) is 64.1 Å². The Hall–Kier alpha value is -1.83. The molecule has 0 bridgehead atoms. The minimum absolute atomic E-state index is 0.0298. The van der Waals surface area contributed by atoms with Gasteiger partial charge in [-0.2, -0.15) is 0 Å². The Balaban J connectivity index is 1.41. The molecule has 3 rings (SSSR count). The standard InChI is InChI=1S/C22H26BrN3O2S/c1-25-11-13-26(14-12-25)22(28)18-8-6-17(7-9-18)16-24-21(27)10-15-29-20-5-3-2-4-19(20)23/h2-9H,10-16H2,1H3,(H,24,27). The van der Waals surface area contributed by atoms with Gasteiger partial charge in [-0.15, -0.1) is 11.8 Å². The SMILES string of the molecule is CN1CCN(C(=O)c2ccc(CNC(=O)CCSc3ccccc3Br)cc2)CC1. The molecule has 2 aromatic rings. The zero-order valence-corrected chi connectivity index (χ0v) is 19.0. The summed E-state index contributed by atoms with van der Waals surface area (Å²) in [5.74, 6) is 0.840. The van der Waals surface area contributed by atoms with Crippen molar-refractivity contribution in [2.75, 3.05) is 39.0 Å². The van der Waals surface area contributed by atoms with E-state index in [1.165, 1.54) is 0 Å². The van der Waals surface area contributed by atoms with Crippen LogP contribution in [0.15, 0.2) is 57.9 Å². The lowest BCUT2D eigenvalue weighted by molar-refractivity contribution is -0.120. The molecule has 7 heteroatoms. The van der Waals surface area contributed by atoms with Crippen molar-refractivity contribution >= 4 is 39.5 Å². The van der Waals surface area contributed by atoms with Crippen LogP contribution in [0.3, 0.4) is 0 Å². The molecule has 1 aliphatic rings. The number of amides is 2. The van der Waals surface area contributed by atoms with Crippen molar-refractivity contribution in [3.8, 4) is 0 Å². The van der Waals surface area contributed by atoms with Crippen molar-refractivity contribution in [2.45, 2.75) is 17.9 Å². The van der Waals surface area contributed by atoms with Gasteiger partial charge >= 0.3 is 0 Å². The predicted octanol–water partition coefficient (Wildman–Crippen LogP) is 3.64. The highest BCUT2D eigenvalue weighted by Gasteiger charge is 2.20. The Morgan fingerprint density at radius 1 is 1.03 bits per heavy atom. The first kappa shape index (κ1) is 21.9. The van der Waals surface area contributed by atoms with Crippen molar-refractivity contribution in [3.63, 3.8) is 0 Å². The van der Waals surface area contributed by atoms with Crippen LogP contribution in [0.2, 0.25) is 0 Å². The largest absolute Gasteiger partial charge is 0.352 e. The second-order valence-electron chi connectivity index (χ2n) is 7.10. The number of carbonyl (C=O) groups excluding carboxylic acids is 2. The van der Waals surface area contributed by atoms with Crippen molar-refractivity contribution in [2.24, 2.45) is 0 Å². The second-order valence-corrected chi connectivity index (χ2v) is 9.09. The minimum atomic E-state index is 0.0298. The van der Waals surface area contributed by atoms with Crippen LogP contribution < -0.4 is 5.32 Å². The summed E-state index contributed by atoms with van der Waals surface area (Å²) < 4.78 is 1.05. The number of thioether (sulfide) groups is 1. The van der Waals surface area contributed by atoms with Crippen LogP contribution in [0.4, 0.5) is 0 Å². The number of hydrogen-bond acceptors (Lipinski definition) is 4. The van der Waals surface area contributed by atoms with Crippen LogP contribution in [0.5, 0.6) is 0 Å². The third kappa shape index (κ3) is 6.59. The second kappa shape index (κ2) is 10.8. The van der Waals surface area contributed by atoms with E-state index < -0.39 is 0 Å². The van der Waals surface area contributed by atoms with Gasteiger partial charge in [-0.1, -0.05) is 24.3 Å². The summed E-state index contributed by atoms with van der Waals surface area (Å²) >= 11 is 5.18. The number of piperazine rings is 1. The van der Waals surface area contributed by atoms with Gasteiger partial charge in [0.25, 0.3) is 5.91 Å². The topological polar surface area (TPSA) is 52.6 Å². The highest BCUT2D eigenvalue weighted by atomic mass is 79.9. The van der Waals surface area contributed by atoms with Gasteiger partial charge in [0, 0.05) is 59.8 Å². The molecule has 2 aromatic carbocycles. The van der Waals surface area contributed by atoms with E-state index >= 15 is 0 Å². The molecule has 1 N–H and O–H groups in total. The van der Waals surface area contributed by atoms with Crippen LogP contribution in [-0.4, -0.2) is 60.6 Å². The third-order valence-electron chi connectivity index (χ3n) is 4.90. The molecular formula is C22H26BrN3O2S.